The summed E-state index contributed by atoms with van der Waals surface area (Å²) >= 11 is 0. The van der Waals surface area contributed by atoms with Gasteiger partial charge in [-0.2, -0.15) is 0 Å². The summed E-state index contributed by atoms with van der Waals surface area (Å²) in [4.78, 5) is 18.9. The summed E-state index contributed by atoms with van der Waals surface area (Å²) in [7, 11) is 2.21. The summed E-state index contributed by atoms with van der Waals surface area (Å²) in [5.41, 5.74) is 3.91. The lowest BCUT2D eigenvalue weighted by atomic mass is 9.65. The summed E-state index contributed by atoms with van der Waals surface area (Å²) < 4.78 is 0. The molecule has 5 bridgehead atoms. The van der Waals surface area contributed by atoms with Crippen LogP contribution in [-0.4, -0.2) is 42.4 Å². The molecule has 7 atom stereocenters. The van der Waals surface area contributed by atoms with E-state index in [0.717, 1.165) is 13.0 Å². The number of hydrogen-bond acceptors (Lipinski definition) is 3. The fourth-order valence-corrected chi connectivity index (χ4v) is 7.05. The van der Waals surface area contributed by atoms with Crippen molar-refractivity contribution in [3.63, 3.8) is 0 Å². The van der Waals surface area contributed by atoms with Crippen molar-refractivity contribution in [2.24, 2.45) is 11.8 Å². The molecule has 5 fully saturated rings. The molecule has 1 saturated carbocycles. The molecule has 6 aliphatic rings. The molecule has 1 unspecified atom stereocenters. The zero-order valence-electron chi connectivity index (χ0n) is 13.7. The Morgan fingerprint density at radius 3 is 2.91 bits per heavy atom. The van der Waals surface area contributed by atoms with Crippen molar-refractivity contribution in [1.82, 2.24) is 4.90 Å². The number of para-hydroxylation sites is 1. The number of likely N-dealkylation sites (N-methyl/N-ethyl adjacent to an activating group) is 1. The minimum absolute atomic E-state index is 0.222. The highest BCUT2D eigenvalue weighted by atomic mass is 16.1. The van der Waals surface area contributed by atoms with E-state index in [4.69, 9.17) is 0 Å². The first-order valence-electron chi connectivity index (χ1n) is 8.96. The Kier molecular flexibility index (Phi) is 2.07. The standard InChI is InChI=1S/C20H22N2O/c1-3-11-10-22-15-8-12(11)17-16(22)9-20(19(17)23)13-6-4-5-7-14(13)21(2)18(15)20/h3-7,12,15-18H,8-10H2,1-2H3/b11-3-/t12-,15+,16+,17+,18+,20-/m1/s1. The number of Topliss-reactive ketones (excluding diaryl/α,β-unsaturated/α-hetero) is 1. The third kappa shape index (κ3) is 1.12. The van der Waals surface area contributed by atoms with Crippen molar-refractivity contribution in [3.8, 4) is 0 Å². The van der Waals surface area contributed by atoms with Gasteiger partial charge in [0.05, 0.1) is 11.5 Å². The second kappa shape index (κ2) is 3.72. The number of hydrogen-bond donors (Lipinski definition) is 0. The van der Waals surface area contributed by atoms with E-state index in [1.165, 1.54) is 23.2 Å². The maximum Gasteiger partial charge on any atom is 0.150 e. The molecule has 3 heteroatoms. The molecule has 5 aliphatic heterocycles. The zero-order chi connectivity index (χ0) is 15.5. The van der Waals surface area contributed by atoms with Crippen molar-refractivity contribution in [2.75, 3.05) is 18.5 Å². The fraction of sp³-hybridized carbons (Fsp3) is 0.550. The number of piperidine rings is 4. The van der Waals surface area contributed by atoms with E-state index in [1.807, 2.05) is 0 Å². The topological polar surface area (TPSA) is 23.6 Å². The maximum absolute atomic E-state index is 13.7. The number of benzene rings is 1. The maximum atomic E-state index is 13.7. The molecule has 0 radical (unpaired) electrons. The Labute approximate surface area is 137 Å². The molecule has 118 valence electrons. The number of carbonyl (C=O) groups is 1. The number of carbonyl (C=O) groups excluding carboxylic acids is 1. The van der Waals surface area contributed by atoms with Gasteiger partial charge in [-0.05, 0) is 37.3 Å². The van der Waals surface area contributed by atoms with Crippen molar-refractivity contribution in [3.05, 3.63) is 41.5 Å². The molecule has 5 heterocycles. The number of fused-ring (bicyclic) bond motifs is 2. The first-order valence-corrected chi connectivity index (χ1v) is 8.96. The number of ketones is 1. The number of nitrogens with zero attached hydrogens (tertiary/aromatic N) is 2. The second-order valence-corrected chi connectivity index (χ2v) is 8.15. The summed E-state index contributed by atoms with van der Waals surface area (Å²) in [6.45, 7) is 3.24. The summed E-state index contributed by atoms with van der Waals surface area (Å²) in [6, 6.07) is 10.0. The number of rotatable bonds is 0. The van der Waals surface area contributed by atoms with E-state index in [1.54, 1.807) is 0 Å². The van der Waals surface area contributed by atoms with Crippen LogP contribution >= 0.6 is 0 Å². The molecular formula is C20H22N2O. The molecule has 1 spiro atoms. The van der Waals surface area contributed by atoms with Crippen LogP contribution in [0.3, 0.4) is 0 Å². The molecule has 0 amide bonds. The predicted molar refractivity (Wildman–Crippen MR) is 89.6 cm³/mol. The van der Waals surface area contributed by atoms with Gasteiger partial charge in [0.15, 0.2) is 5.78 Å². The minimum atomic E-state index is -0.222. The van der Waals surface area contributed by atoms with Crippen molar-refractivity contribution in [2.45, 2.75) is 43.3 Å². The summed E-state index contributed by atoms with van der Waals surface area (Å²) in [5.74, 6) is 1.31. The van der Waals surface area contributed by atoms with Crippen molar-refractivity contribution in [1.29, 1.82) is 0 Å². The Hall–Kier alpha value is -1.61. The lowest BCUT2D eigenvalue weighted by Crippen LogP contribution is -2.68. The monoisotopic (exact) mass is 306 g/mol. The zero-order valence-corrected chi connectivity index (χ0v) is 13.7. The van der Waals surface area contributed by atoms with Gasteiger partial charge in [-0.3, -0.25) is 9.69 Å². The smallest absolute Gasteiger partial charge is 0.150 e. The SMILES string of the molecule is C/C=C1/CN2[C@H]3C[C@]45C(=O)[C@H]3[C@@H]1C[C@H]2[C@@H]4N(C)c1ccccc15. The molecular weight excluding hydrogens is 284 g/mol. The van der Waals surface area contributed by atoms with E-state index in [2.05, 4.69) is 54.1 Å². The molecule has 1 aliphatic carbocycles. The lowest BCUT2D eigenvalue weighted by Gasteiger charge is -2.58. The molecule has 7 rings (SSSR count). The number of anilines is 1. The van der Waals surface area contributed by atoms with E-state index in [0.29, 0.717) is 29.8 Å². The van der Waals surface area contributed by atoms with E-state index in [-0.39, 0.29) is 11.3 Å². The molecule has 23 heavy (non-hydrogen) atoms. The third-order valence-electron chi connectivity index (χ3n) is 7.73. The Morgan fingerprint density at radius 2 is 2.09 bits per heavy atom. The van der Waals surface area contributed by atoms with Gasteiger partial charge < -0.3 is 4.90 Å². The van der Waals surface area contributed by atoms with Crippen molar-refractivity contribution < 1.29 is 4.79 Å². The Bertz CT molecular complexity index is 784. The van der Waals surface area contributed by atoms with Crippen LogP contribution in [0.25, 0.3) is 0 Å². The van der Waals surface area contributed by atoms with Gasteiger partial charge in [-0.25, -0.2) is 0 Å². The molecule has 3 nitrogen and oxygen atoms in total. The van der Waals surface area contributed by atoms with Gasteiger partial charge in [0, 0.05) is 37.3 Å². The Balaban J connectivity index is 1.64. The lowest BCUT2D eigenvalue weighted by molar-refractivity contribution is -0.126. The first kappa shape index (κ1) is 12.8. The van der Waals surface area contributed by atoms with Gasteiger partial charge in [-0.1, -0.05) is 29.8 Å². The highest BCUT2D eigenvalue weighted by Gasteiger charge is 2.74. The van der Waals surface area contributed by atoms with Crippen LogP contribution in [0.2, 0.25) is 0 Å². The quantitative estimate of drug-likeness (QED) is 0.688. The van der Waals surface area contributed by atoms with Gasteiger partial charge in [0.2, 0.25) is 0 Å². The van der Waals surface area contributed by atoms with Gasteiger partial charge in [-0.15, -0.1) is 0 Å². The average Bonchev–Trinajstić information content (AvgIpc) is 2.98. The largest absolute Gasteiger partial charge is 0.368 e. The molecule has 1 aromatic rings. The van der Waals surface area contributed by atoms with Gasteiger partial charge in [0.1, 0.15) is 0 Å². The van der Waals surface area contributed by atoms with Crippen LogP contribution in [-0.2, 0) is 10.2 Å². The second-order valence-electron chi connectivity index (χ2n) is 8.15. The molecule has 1 aromatic carbocycles. The van der Waals surface area contributed by atoms with Crippen LogP contribution < -0.4 is 4.90 Å². The highest BCUT2D eigenvalue weighted by molar-refractivity contribution is 6.01. The van der Waals surface area contributed by atoms with Gasteiger partial charge >= 0.3 is 0 Å². The van der Waals surface area contributed by atoms with E-state index in [9.17, 15) is 4.79 Å². The van der Waals surface area contributed by atoms with E-state index >= 15 is 0 Å². The fourth-order valence-electron chi connectivity index (χ4n) is 7.05. The van der Waals surface area contributed by atoms with Crippen LogP contribution in [0.15, 0.2) is 35.9 Å². The third-order valence-corrected chi connectivity index (χ3v) is 7.73. The van der Waals surface area contributed by atoms with Crippen LogP contribution in [0.5, 0.6) is 0 Å². The summed E-state index contributed by atoms with van der Waals surface area (Å²) in [5, 5.41) is 0. The van der Waals surface area contributed by atoms with Crippen LogP contribution in [0.4, 0.5) is 5.69 Å². The highest BCUT2D eigenvalue weighted by Crippen LogP contribution is 2.66. The van der Waals surface area contributed by atoms with Crippen LogP contribution in [0, 0.1) is 11.8 Å². The molecule has 0 N–H and O–H groups in total. The Morgan fingerprint density at radius 1 is 1.26 bits per heavy atom. The minimum Gasteiger partial charge on any atom is -0.368 e. The normalized spacial score (nSPS) is 49.9. The molecule has 4 saturated heterocycles. The van der Waals surface area contributed by atoms with Crippen LogP contribution in [0.1, 0.15) is 25.3 Å². The van der Waals surface area contributed by atoms with Crippen molar-refractivity contribution >= 4 is 11.5 Å². The summed E-state index contributed by atoms with van der Waals surface area (Å²) in [6.07, 6.45) is 4.50. The number of allylic oxidation sites excluding steroid dienone is 1. The first-order chi connectivity index (χ1) is 11.2. The average molecular weight is 306 g/mol. The molecule has 0 aromatic heterocycles. The van der Waals surface area contributed by atoms with Gasteiger partial charge in [0.25, 0.3) is 0 Å². The van der Waals surface area contributed by atoms with E-state index < -0.39 is 0 Å². The predicted octanol–water partition coefficient (Wildman–Crippen LogP) is 2.36.